The van der Waals surface area contributed by atoms with E-state index in [1.54, 1.807) is 16.2 Å². The Morgan fingerprint density at radius 3 is 2.48 bits per heavy atom. The molecule has 0 saturated carbocycles. The van der Waals surface area contributed by atoms with Gasteiger partial charge in [-0.15, -0.1) is 11.3 Å². The van der Waals surface area contributed by atoms with E-state index >= 15 is 0 Å². The van der Waals surface area contributed by atoms with Crippen molar-refractivity contribution in [1.29, 1.82) is 0 Å². The minimum Gasteiger partial charge on any atom is -0.340 e. The molecular formula is C24H27N4S+. The number of piperazine rings is 1. The zero-order valence-corrected chi connectivity index (χ0v) is 17.9. The van der Waals surface area contributed by atoms with Crippen molar-refractivity contribution in [2.24, 2.45) is 0 Å². The van der Waals surface area contributed by atoms with Crippen LogP contribution in [0.3, 0.4) is 0 Å². The van der Waals surface area contributed by atoms with Crippen LogP contribution in [-0.2, 0) is 6.54 Å². The van der Waals surface area contributed by atoms with E-state index in [0.29, 0.717) is 0 Å². The van der Waals surface area contributed by atoms with Crippen LogP contribution in [-0.4, -0.2) is 42.8 Å². The number of benzene rings is 2. The van der Waals surface area contributed by atoms with E-state index in [1.165, 1.54) is 40.8 Å². The summed E-state index contributed by atoms with van der Waals surface area (Å²) >= 11 is 1.78. The number of para-hydroxylation sites is 1. The summed E-state index contributed by atoms with van der Waals surface area (Å²) in [4.78, 5) is 9.19. The third kappa shape index (κ3) is 3.24. The van der Waals surface area contributed by atoms with Crippen molar-refractivity contribution in [3.8, 4) is 22.5 Å². The van der Waals surface area contributed by atoms with Gasteiger partial charge in [0, 0.05) is 28.4 Å². The molecule has 0 spiro atoms. The molecule has 5 heteroatoms. The monoisotopic (exact) mass is 403 g/mol. The van der Waals surface area contributed by atoms with Crippen molar-refractivity contribution in [1.82, 2.24) is 9.55 Å². The van der Waals surface area contributed by atoms with E-state index in [1.807, 2.05) is 0 Å². The number of hydrogen-bond acceptors (Lipinski definition) is 3. The van der Waals surface area contributed by atoms with E-state index in [0.717, 1.165) is 30.5 Å². The van der Waals surface area contributed by atoms with Gasteiger partial charge in [0.25, 0.3) is 0 Å². The lowest BCUT2D eigenvalue weighted by Crippen LogP contribution is -3.12. The molecule has 0 amide bonds. The van der Waals surface area contributed by atoms with Crippen LogP contribution >= 0.6 is 11.3 Å². The van der Waals surface area contributed by atoms with Gasteiger partial charge < -0.3 is 14.4 Å². The predicted molar refractivity (Wildman–Crippen MR) is 123 cm³/mol. The fraction of sp³-hybridized carbons (Fsp3) is 0.292. The maximum Gasteiger partial charge on any atom is 0.186 e. The van der Waals surface area contributed by atoms with E-state index in [9.17, 15) is 0 Å². The SMILES string of the molecule is CCn1c(-c2ccccc2)c(-c2csc(N3CC[NH+](C)CC3)n2)c2ccccc21. The number of nitrogens with one attached hydrogen (secondary N) is 1. The molecule has 1 saturated heterocycles. The number of aromatic nitrogens is 2. The van der Waals surface area contributed by atoms with Crippen molar-refractivity contribution in [3.05, 3.63) is 60.0 Å². The highest BCUT2D eigenvalue weighted by atomic mass is 32.1. The minimum absolute atomic E-state index is 0.934. The normalized spacial score (nSPS) is 15.3. The predicted octanol–water partition coefficient (Wildman–Crippen LogP) is 3.79. The second kappa shape index (κ2) is 7.65. The molecule has 5 rings (SSSR count). The van der Waals surface area contributed by atoms with Gasteiger partial charge in [-0.3, -0.25) is 0 Å². The maximum absolute atomic E-state index is 5.13. The van der Waals surface area contributed by atoms with Crippen LogP contribution in [0.4, 0.5) is 5.13 Å². The third-order valence-electron chi connectivity index (χ3n) is 5.97. The summed E-state index contributed by atoms with van der Waals surface area (Å²) in [5.41, 5.74) is 6.16. The fourth-order valence-corrected chi connectivity index (χ4v) is 5.26. The van der Waals surface area contributed by atoms with Gasteiger partial charge in [0.05, 0.1) is 44.6 Å². The number of hydrogen-bond donors (Lipinski definition) is 1. The Kier molecular flexibility index (Phi) is 4.86. The Labute approximate surface area is 176 Å². The molecule has 4 aromatic rings. The van der Waals surface area contributed by atoms with E-state index in [2.05, 4.69) is 83.4 Å². The highest BCUT2D eigenvalue weighted by Crippen LogP contribution is 2.42. The number of thiazole rings is 1. The van der Waals surface area contributed by atoms with Crippen molar-refractivity contribution in [2.75, 3.05) is 38.1 Å². The van der Waals surface area contributed by atoms with Gasteiger partial charge in [0.2, 0.25) is 0 Å². The highest BCUT2D eigenvalue weighted by Gasteiger charge is 2.23. The van der Waals surface area contributed by atoms with Crippen molar-refractivity contribution in [2.45, 2.75) is 13.5 Å². The summed E-state index contributed by atoms with van der Waals surface area (Å²) in [7, 11) is 2.27. The molecule has 2 aromatic heterocycles. The first-order valence-electron chi connectivity index (χ1n) is 10.4. The van der Waals surface area contributed by atoms with E-state index < -0.39 is 0 Å². The zero-order chi connectivity index (χ0) is 19.8. The Balaban J connectivity index is 1.67. The molecule has 0 radical (unpaired) electrons. The van der Waals surface area contributed by atoms with Gasteiger partial charge in [-0.25, -0.2) is 4.98 Å². The summed E-state index contributed by atoms with van der Waals surface area (Å²) in [6.45, 7) is 7.69. The molecule has 148 valence electrons. The Morgan fingerprint density at radius 1 is 1.00 bits per heavy atom. The second-order valence-corrected chi connectivity index (χ2v) is 8.65. The fourth-order valence-electron chi connectivity index (χ4n) is 4.39. The Hall–Kier alpha value is -2.63. The molecule has 1 aliphatic rings. The molecule has 4 nitrogen and oxygen atoms in total. The standard InChI is InChI=1S/C24H26N4S/c1-3-28-21-12-8-7-11-19(21)22(23(28)18-9-5-4-6-10-18)20-17-29-24(25-20)27-15-13-26(2)14-16-27/h4-12,17H,3,13-16H2,1-2H3/p+1. The molecule has 0 bridgehead atoms. The number of anilines is 1. The summed E-state index contributed by atoms with van der Waals surface area (Å²) in [6, 6.07) is 19.5. The quantitative estimate of drug-likeness (QED) is 0.561. The summed E-state index contributed by atoms with van der Waals surface area (Å²) in [5.74, 6) is 0. The van der Waals surface area contributed by atoms with Gasteiger partial charge in [-0.2, -0.15) is 0 Å². The first kappa shape index (κ1) is 18.4. The maximum atomic E-state index is 5.13. The minimum atomic E-state index is 0.934. The number of quaternary nitrogens is 1. The molecule has 2 aromatic carbocycles. The molecule has 1 fully saturated rings. The zero-order valence-electron chi connectivity index (χ0n) is 17.1. The average Bonchev–Trinajstić information content (AvgIpc) is 3.37. The molecule has 1 aliphatic heterocycles. The van der Waals surface area contributed by atoms with Crippen molar-refractivity contribution < 1.29 is 4.90 Å². The third-order valence-corrected chi connectivity index (χ3v) is 6.87. The second-order valence-electron chi connectivity index (χ2n) is 7.81. The van der Waals surface area contributed by atoms with Crippen LogP contribution in [0.1, 0.15) is 6.92 Å². The summed E-state index contributed by atoms with van der Waals surface area (Å²) in [6.07, 6.45) is 0. The van der Waals surface area contributed by atoms with Crippen molar-refractivity contribution >= 4 is 27.4 Å². The molecular weight excluding hydrogens is 376 g/mol. The lowest BCUT2D eigenvalue weighted by molar-refractivity contribution is -0.880. The lowest BCUT2D eigenvalue weighted by Gasteiger charge is -2.29. The molecule has 0 unspecified atom stereocenters. The average molecular weight is 404 g/mol. The summed E-state index contributed by atoms with van der Waals surface area (Å²) < 4.78 is 2.43. The van der Waals surface area contributed by atoms with E-state index in [-0.39, 0.29) is 0 Å². The molecule has 29 heavy (non-hydrogen) atoms. The molecule has 3 heterocycles. The lowest BCUT2D eigenvalue weighted by atomic mass is 10.0. The first-order valence-corrected chi connectivity index (χ1v) is 11.3. The number of nitrogens with zero attached hydrogens (tertiary/aromatic N) is 3. The van der Waals surface area contributed by atoms with Crippen LogP contribution in [0, 0.1) is 0 Å². The van der Waals surface area contributed by atoms with Crippen LogP contribution in [0.5, 0.6) is 0 Å². The Morgan fingerprint density at radius 2 is 1.72 bits per heavy atom. The first-order chi connectivity index (χ1) is 14.3. The van der Waals surface area contributed by atoms with Gasteiger partial charge in [-0.1, -0.05) is 48.5 Å². The van der Waals surface area contributed by atoms with E-state index in [4.69, 9.17) is 4.98 Å². The van der Waals surface area contributed by atoms with Crippen LogP contribution in [0.2, 0.25) is 0 Å². The number of likely N-dealkylation sites (N-methyl/N-ethyl adjacent to an activating group) is 1. The van der Waals surface area contributed by atoms with Crippen LogP contribution in [0.25, 0.3) is 33.4 Å². The van der Waals surface area contributed by atoms with Gasteiger partial charge >= 0.3 is 0 Å². The highest BCUT2D eigenvalue weighted by molar-refractivity contribution is 7.14. The number of rotatable bonds is 4. The largest absolute Gasteiger partial charge is 0.340 e. The topological polar surface area (TPSA) is 25.5 Å². The van der Waals surface area contributed by atoms with Gasteiger partial charge in [0.15, 0.2) is 5.13 Å². The molecule has 0 atom stereocenters. The smallest absolute Gasteiger partial charge is 0.186 e. The Bertz CT molecular complexity index is 1120. The van der Waals surface area contributed by atoms with Crippen molar-refractivity contribution in [3.63, 3.8) is 0 Å². The number of fused-ring (bicyclic) bond motifs is 1. The van der Waals surface area contributed by atoms with Gasteiger partial charge in [0.1, 0.15) is 0 Å². The molecule has 1 N–H and O–H groups in total. The molecule has 0 aliphatic carbocycles. The number of aryl methyl sites for hydroxylation is 1. The van der Waals surface area contributed by atoms with Gasteiger partial charge in [-0.05, 0) is 18.6 Å². The van der Waals surface area contributed by atoms with Crippen LogP contribution < -0.4 is 9.80 Å². The summed E-state index contributed by atoms with van der Waals surface area (Å²) in [5, 5.41) is 4.68. The van der Waals surface area contributed by atoms with Crippen LogP contribution in [0.15, 0.2) is 60.0 Å².